The first-order chi connectivity index (χ1) is 14.5. The molecule has 30 heavy (non-hydrogen) atoms. The van der Waals surface area contributed by atoms with Crippen molar-refractivity contribution in [2.45, 2.75) is 24.3 Å². The van der Waals surface area contributed by atoms with Crippen LogP contribution in [0.15, 0.2) is 77.7 Å². The maximum Gasteiger partial charge on any atom is 0.244 e. The standard InChI is InChI=1S/C24H21ClN2O2S/c1-16-6-2-5-9-22(16)30(28,29)27-15-14-20-19-7-3-4-8-21(19)26-23(20)24(27)17-10-12-18(25)13-11-17/h2-13,24,26H,14-15H2,1H3. The zero-order valence-electron chi connectivity index (χ0n) is 16.5. The molecule has 0 amide bonds. The number of para-hydroxylation sites is 1. The van der Waals surface area contributed by atoms with Gasteiger partial charge in [-0.2, -0.15) is 4.31 Å². The number of aromatic nitrogens is 1. The summed E-state index contributed by atoms with van der Waals surface area (Å²) < 4.78 is 29.2. The Labute approximate surface area is 181 Å². The van der Waals surface area contributed by atoms with E-state index in [0.717, 1.165) is 27.7 Å². The quantitative estimate of drug-likeness (QED) is 0.463. The molecule has 5 rings (SSSR count). The molecule has 0 radical (unpaired) electrons. The van der Waals surface area contributed by atoms with Crippen LogP contribution >= 0.6 is 11.6 Å². The first-order valence-electron chi connectivity index (χ1n) is 9.89. The van der Waals surface area contributed by atoms with E-state index in [2.05, 4.69) is 11.1 Å². The molecule has 0 aliphatic carbocycles. The van der Waals surface area contributed by atoms with Gasteiger partial charge in [0.05, 0.1) is 10.9 Å². The average molecular weight is 437 g/mol. The molecular formula is C24H21ClN2O2S. The molecule has 1 unspecified atom stereocenters. The lowest BCUT2D eigenvalue weighted by Crippen LogP contribution is -2.40. The zero-order chi connectivity index (χ0) is 20.9. The van der Waals surface area contributed by atoms with Crippen molar-refractivity contribution in [3.8, 4) is 0 Å². The number of aryl methyl sites for hydroxylation is 1. The molecular weight excluding hydrogens is 416 g/mol. The van der Waals surface area contributed by atoms with E-state index in [-0.39, 0.29) is 0 Å². The number of benzene rings is 3. The maximum absolute atomic E-state index is 13.8. The Kier molecular flexibility index (Phi) is 4.69. The predicted octanol–water partition coefficient (Wildman–Crippen LogP) is 5.47. The largest absolute Gasteiger partial charge is 0.357 e. The first kappa shape index (κ1) is 19.4. The number of nitrogens with one attached hydrogen (secondary N) is 1. The maximum atomic E-state index is 13.8. The van der Waals surface area contributed by atoms with Crippen molar-refractivity contribution in [1.29, 1.82) is 0 Å². The van der Waals surface area contributed by atoms with Gasteiger partial charge in [0.2, 0.25) is 10.0 Å². The summed E-state index contributed by atoms with van der Waals surface area (Å²) in [6.45, 7) is 2.25. The van der Waals surface area contributed by atoms with Crippen molar-refractivity contribution in [3.63, 3.8) is 0 Å². The summed E-state index contributed by atoms with van der Waals surface area (Å²) in [7, 11) is -3.70. The average Bonchev–Trinajstić information content (AvgIpc) is 3.13. The van der Waals surface area contributed by atoms with Crippen LogP contribution in [-0.4, -0.2) is 24.3 Å². The second-order valence-corrected chi connectivity index (χ2v) is 9.94. The summed E-state index contributed by atoms with van der Waals surface area (Å²) in [6.07, 6.45) is 0.661. The van der Waals surface area contributed by atoms with Crippen LogP contribution in [0.3, 0.4) is 0 Å². The van der Waals surface area contributed by atoms with Crippen LogP contribution in [0.1, 0.15) is 28.4 Å². The molecule has 1 atom stereocenters. The fourth-order valence-electron chi connectivity index (χ4n) is 4.43. The Bertz CT molecular complexity index is 1340. The van der Waals surface area contributed by atoms with Gasteiger partial charge in [-0.05, 0) is 54.3 Å². The normalized spacial score (nSPS) is 17.2. The Morgan fingerprint density at radius 3 is 2.43 bits per heavy atom. The Hall–Kier alpha value is -2.60. The van der Waals surface area contributed by atoms with Crippen molar-refractivity contribution in [2.24, 2.45) is 0 Å². The van der Waals surface area contributed by atoms with Gasteiger partial charge >= 0.3 is 0 Å². The van der Waals surface area contributed by atoms with Crippen LogP contribution in [0.4, 0.5) is 0 Å². The molecule has 2 heterocycles. The highest BCUT2D eigenvalue weighted by atomic mass is 35.5. The summed E-state index contributed by atoms with van der Waals surface area (Å²) in [4.78, 5) is 3.86. The molecule has 0 saturated heterocycles. The lowest BCUT2D eigenvalue weighted by atomic mass is 9.94. The van der Waals surface area contributed by atoms with Gasteiger partial charge in [0.1, 0.15) is 0 Å². The number of H-pyrrole nitrogens is 1. The summed E-state index contributed by atoms with van der Waals surface area (Å²) in [6, 6.07) is 22.3. The third-order valence-corrected chi connectivity index (χ3v) is 8.13. The summed E-state index contributed by atoms with van der Waals surface area (Å²) in [5, 5.41) is 1.78. The fraction of sp³-hybridized carbons (Fsp3) is 0.167. The van der Waals surface area contributed by atoms with E-state index in [1.54, 1.807) is 16.4 Å². The smallest absolute Gasteiger partial charge is 0.244 e. The molecule has 1 N–H and O–H groups in total. The summed E-state index contributed by atoms with van der Waals surface area (Å²) in [5.74, 6) is 0. The van der Waals surface area contributed by atoms with Crippen LogP contribution in [-0.2, 0) is 16.4 Å². The van der Waals surface area contributed by atoms with E-state index in [4.69, 9.17) is 11.6 Å². The first-order valence-corrected chi connectivity index (χ1v) is 11.7. The van der Waals surface area contributed by atoms with E-state index in [0.29, 0.717) is 22.9 Å². The molecule has 0 spiro atoms. The summed E-state index contributed by atoms with van der Waals surface area (Å²) in [5.41, 5.74) is 4.78. The minimum absolute atomic E-state index is 0.350. The number of hydrogen-bond acceptors (Lipinski definition) is 2. The van der Waals surface area contributed by atoms with Gasteiger partial charge in [0, 0.05) is 28.2 Å². The lowest BCUT2D eigenvalue weighted by molar-refractivity contribution is 0.340. The number of sulfonamides is 1. The Morgan fingerprint density at radius 2 is 1.67 bits per heavy atom. The second kappa shape index (κ2) is 7.27. The van der Waals surface area contributed by atoms with Gasteiger partial charge in [-0.1, -0.05) is 60.1 Å². The van der Waals surface area contributed by atoms with E-state index in [1.807, 2.05) is 61.5 Å². The highest BCUT2D eigenvalue weighted by Crippen LogP contribution is 2.41. The molecule has 4 aromatic rings. The van der Waals surface area contributed by atoms with E-state index in [9.17, 15) is 8.42 Å². The van der Waals surface area contributed by atoms with Crippen molar-refractivity contribution in [2.75, 3.05) is 6.54 Å². The monoisotopic (exact) mass is 436 g/mol. The van der Waals surface area contributed by atoms with Crippen molar-refractivity contribution in [3.05, 3.63) is 100 Å². The zero-order valence-corrected chi connectivity index (χ0v) is 18.0. The third kappa shape index (κ3) is 3.05. The van der Waals surface area contributed by atoms with Gasteiger partial charge in [-0.3, -0.25) is 0 Å². The molecule has 1 aliphatic heterocycles. The number of aromatic amines is 1. The van der Waals surface area contributed by atoms with Crippen LogP contribution < -0.4 is 0 Å². The van der Waals surface area contributed by atoms with Crippen LogP contribution in [0.5, 0.6) is 0 Å². The fourth-order valence-corrected chi connectivity index (χ4v) is 6.37. The van der Waals surface area contributed by atoms with Gasteiger partial charge in [-0.25, -0.2) is 8.42 Å². The van der Waals surface area contributed by atoms with E-state index >= 15 is 0 Å². The van der Waals surface area contributed by atoms with E-state index < -0.39 is 16.1 Å². The number of nitrogens with zero attached hydrogens (tertiary/aromatic N) is 1. The van der Waals surface area contributed by atoms with Gasteiger partial charge < -0.3 is 4.98 Å². The van der Waals surface area contributed by atoms with E-state index in [1.165, 1.54) is 5.56 Å². The number of fused-ring (bicyclic) bond motifs is 3. The minimum atomic E-state index is -3.70. The van der Waals surface area contributed by atoms with Crippen molar-refractivity contribution < 1.29 is 8.42 Å². The Morgan fingerprint density at radius 1 is 0.967 bits per heavy atom. The molecule has 1 aromatic heterocycles. The second-order valence-electron chi connectivity index (χ2n) is 7.65. The molecule has 0 saturated carbocycles. The molecule has 0 fully saturated rings. The number of rotatable bonds is 3. The summed E-state index contributed by atoms with van der Waals surface area (Å²) >= 11 is 6.12. The molecule has 152 valence electrons. The Balaban J connectivity index is 1.73. The molecule has 4 nitrogen and oxygen atoms in total. The molecule has 6 heteroatoms. The van der Waals surface area contributed by atoms with Crippen molar-refractivity contribution in [1.82, 2.24) is 9.29 Å². The molecule has 0 bridgehead atoms. The minimum Gasteiger partial charge on any atom is -0.357 e. The van der Waals surface area contributed by atoms with Crippen LogP contribution in [0, 0.1) is 6.92 Å². The number of halogens is 1. The lowest BCUT2D eigenvalue weighted by Gasteiger charge is -2.35. The third-order valence-electron chi connectivity index (χ3n) is 5.86. The highest BCUT2D eigenvalue weighted by Gasteiger charge is 2.39. The highest BCUT2D eigenvalue weighted by molar-refractivity contribution is 7.89. The van der Waals surface area contributed by atoms with Crippen LogP contribution in [0.2, 0.25) is 5.02 Å². The van der Waals surface area contributed by atoms with Gasteiger partial charge in [0.25, 0.3) is 0 Å². The van der Waals surface area contributed by atoms with Crippen LogP contribution in [0.25, 0.3) is 10.9 Å². The van der Waals surface area contributed by atoms with Gasteiger partial charge in [-0.15, -0.1) is 0 Å². The van der Waals surface area contributed by atoms with Crippen molar-refractivity contribution >= 4 is 32.5 Å². The van der Waals surface area contributed by atoms with Gasteiger partial charge in [0.15, 0.2) is 0 Å². The molecule has 3 aromatic carbocycles. The predicted molar refractivity (Wildman–Crippen MR) is 120 cm³/mol. The molecule has 1 aliphatic rings. The number of hydrogen-bond donors (Lipinski definition) is 1. The SMILES string of the molecule is Cc1ccccc1S(=O)(=O)N1CCc2c([nH]c3ccccc23)C1c1ccc(Cl)cc1. The topological polar surface area (TPSA) is 53.2 Å².